The van der Waals surface area contributed by atoms with Gasteiger partial charge < -0.3 is 14.6 Å². The number of unbranched alkanes of at least 4 members (excludes halogenated alkanes) is 1. The lowest BCUT2D eigenvalue weighted by atomic mass is 9.97. The molecule has 1 aliphatic heterocycles. The van der Waals surface area contributed by atoms with E-state index >= 15 is 0 Å². The van der Waals surface area contributed by atoms with Crippen molar-refractivity contribution in [2.75, 3.05) is 13.2 Å². The topological polar surface area (TPSA) is 78.0 Å². The van der Waals surface area contributed by atoms with Gasteiger partial charge in [0, 0.05) is 44.3 Å². The Bertz CT molecular complexity index is 638. The Labute approximate surface area is 142 Å². The van der Waals surface area contributed by atoms with Crippen molar-refractivity contribution >= 4 is 0 Å². The Hall–Kier alpha value is -1.73. The van der Waals surface area contributed by atoms with Gasteiger partial charge in [0.25, 0.3) is 0 Å². The van der Waals surface area contributed by atoms with Gasteiger partial charge in [0.05, 0.1) is 18.3 Å². The summed E-state index contributed by atoms with van der Waals surface area (Å²) in [4.78, 5) is 4.49. The minimum absolute atomic E-state index is 0.0445. The van der Waals surface area contributed by atoms with Crippen LogP contribution >= 0.6 is 0 Å². The number of hydrogen-bond acceptors (Lipinski definition) is 6. The van der Waals surface area contributed by atoms with E-state index in [1.165, 1.54) is 0 Å². The summed E-state index contributed by atoms with van der Waals surface area (Å²) in [6, 6.07) is 0.0445. The molecule has 0 bridgehead atoms. The van der Waals surface area contributed by atoms with Crippen LogP contribution in [0, 0.1) is 5.92 Å². The van der Waals surface area contributed by atoms with Gasteiger partial charge in [-0.05, 0) is 19.8 Å². The normalized spacial score (nSPS) is 22.1. The summed E-state index contributed by atoms with van der Waals surface area (Å²) >= 11 is 0. The van der Waals surface area contributed by atoms with E-state index in [9.17, 15) is 0 Å². The third-order valence-electron chi connectivity index (χ3n) is 4.56. The smallest absolute Gasteiger partial charge is 0.243 e. The first-order chi connectivity index (χ1) is 11.7. The summed E-state index contributed by atoms with van der Waals surface area (Å²) in [5.74, 6) is 1.90. The highest BCUT2D eigenvalue weighted by molar-refractivity contribution is 5.11. The highest BCUT2D eigenvalue weighted by Gasteiger charge is 2.31. The molecule has 1 N–H and O–H groups in total. The molecule has 1 fully saturated rings. The number of nitrogens with zero attached hydrogens (tertiary/aromatic N) is 4. The lowest BCUT2D eigenvalue weighted by Gasteiger charge is -2.19. The Morgan fingerprint density at radius 1 is 1.46 bits per heavy atom. The van der Waals surface area contributed by atoms with Gasteiger partial charge in [0.1, 0.15) is 0 Å². The maximum absolute atomic E-state index is 5.91. The summed E-state index contributed by atoms with van der Waals surface area (Å²) in [5.41, 5.74) is 1.15. The summed E-state index contributed by atoms with van der Waals surface area (Å²) in [6.45, 7) is 5.87. The quantitative estimate of drug-likeness (QED) is 0.800. The average molecular weight is 333 g/mol. The first-order valence-corrected chi connectivity index (χ1v) is 8.83. The van der Waals surface area contributed by atoms with Gasteiger partial charge in [-0.15, -0.1) is 0 Å². The van der Waals surface area contributed by atoms with Crippen molar-refractivity contribution in [2.45, 2.75) is 51.7 Å². The van der Waals surface area contributed by atoms with E-state index in [1.54, 1.807) is 0 Å². The first-order valence-electron chi connectivity index (χ1n) is 8.83. The number of rotatable bonds is 8. The molecule has 3 rings (SSSR count). The van der Waals surface area contributed by atoms with Crippen LogP contribution in [0.3, 0.4) is 0 Å². The molecule has 0 aromatic carbocycles. The van der Waals surface area contributed by atoms with Crippen molar-refractivity contribution in [1.82, 2.24) is 25.2 Å². The van der Waals surface area contributed by atoms with Crippen LogP contribution in [0.25, 0.3) is 0 Å². The SMILES string of the molecule is CCCCc1noc([C@H](C)NC[C@@H]2CCO[C@@H]2c2cnn(C)c2)n1. The van der Waals surface area contributed by atoms with Crippen molar-refractivity contribution < 1.29 is 9.26 Å². The molecule has 3 atom stereocenters. The fraction of sp³-hybridized carbons (Fsp3) is 0.706. The third kappa shape index (κ3) is 4.02. The second-order valence-corrected chi connectivity index (χ2v) is 6.57. The minimum Gasteiger partial charge on any atom is -0.373 e. The molecule has 1 saturated heterocycles. The maximum Gasteiger partial charge on any atom is 0.243 e. The van der Waals surface area contributed by atoms with Crippen LogP contribution in [-0.2, 0) is 18.2 Å². The molecule has 0 aliphatic carbocycles. The van der Waals surface area contributed by atoms with Gasteiger partial charge >= 0.3 is 0 Å². The van der Waals surface area contributed by atoms with Crippen molar-refractivity contribution in [3.05, 3.63) is 29.7 Å². The molecular weight excluding hydrogens is 306 g/mol. The van der Waals surface area contributed by atoms with Crippen molar-refractivity contribution in [3.8, 4) is 0 Å². The second-order valence-electron chi connectivity index (χ2n) is 6.57. The standard InChI is InChI=1S/C17H27N5O2/c1-4-5-6-15-20-17(24-21-15)12(2)18-9-13-7-8-23-16(13)14-10-19-22(3)11-14/h10-13,16,18H,4-9H2,1-3H3/t12-,13-,16-/m0/s1. The van der Waals surface area contributed by atoms with Gasteiger partial charge in [-0.25, -0.2) is 0 Å². The van der Waals surface area contributed by atoms with Crippen molar-refractivity contribution in [1.29, 1.82) is 0 Å². The van der Waals surface area contributed by atoms with Crippen LogP contribution in [0.15, 0.2) is 16.9 Å². The second kappa shape index (κ2) is 7.90. The molecule has 0 unspecified atom stereocenters. The van der Waals surface area contributed by atoms with Crippen LogP contribution in [0.4, 0.5) is 0 Å². The Balaban J connectivity index is 1.53. The fourth-order valence-electron chi connectivity index (χ4n) is 3.09. The first kappa shape index (κ1) is 17.1. The molecule has 2 aromatic rings. The Kier molecular flexibility index (Phi) is 5.63. The lowest BCUT2D eigenvalue weighted by molar-refractivity contribution is 0.0895. The molecule has 132 valence electrons. The molecule has 2 aromatic heterocycles. The summed E-state index contributed by atoms with van der Waals surface area (Å²) in [6.07, 6.45) is 8.19. The zero-order valence-corrected chi connectivity index (χ0v) is 14.7. The third-order valence-corrected chi connectivity index (χ3v) is 4.56. The fourth-order valence-corrected chi connectivity index (χ4v) is 3.09. The molecular formula is C17H27N5O2. The highest BCUT2D eigenvalue weighted by Crippen LogP contribution is 2.34. The van der Waals surface area contributed by atoms with Crippen molar-refractivity contribution in [2.24, 2.45) is 13.0 Å². The van der Waals surface area contributed by atoms with E-state index in [2.05, 4.69) is 34.4 Å². The van der Waals surface area contributed by atoms with Gasteiger partial charge in [-0.3, -0.25) is 4.68 Å². The number of hydrogen-bond donors (Lipinski definition) is 1. The predicted octanol–water partition coefficient (Wildman–Crippen LogP) is 2.57. The number of ether oxygens (including phenoxy) is 1. The van der Waals surface area contributed by atoms with E-state index < -0.39 is 0 Å². The van der Waals surface area contributed by atoms with Gasteiger partial charge in [-0.1, -0.05) is 18.5 Å². The minimum atomic E-state index is 0.0445. The number of aromatic nitrogens is 4. The largest absolute Gasteiger partial charge is 0.373 e. The Morgan fingerprint density at radius 3 is 3.08 bits per heavy atom. The molecule has 0 spiro atoms. The summed E-state index contributed by atoms with van der Waals surface area (Å²) in [7, 11) is 1.93. The molecule has 1 aliphatic rings. The van der Waals surface area contributed by atoms with Crippen LogP contribution in [0.1, 0.15) is 62.5 Å². The maximum atomic E-state index is 5.91. The van der Waals surface area contributed by atoms with Crippen LogP contribution in [0.2, 0.25) is 0 Å². The van der Waals surface area contributed by atoms with Gasteiger partial charge in [0.2, 0.25) is 5.89 Å². The summed E-state index contributed by atoms with van der Waals surface area (Å²) in [5, 5.41) is 11.8. The molecule has 24 heavy (non-hydrogen) atoms. The van der Waals surface area contributed by atoms with Crippen molar-refractivity contribution in [3.63, 3.8) is 0 Å². The average Bonchev–Trinajstić information content (AvgIpc) is 3.30. The zero-order chi connectivity index (χ0) is 16.9. The lowest BCUT2D eigenvalue weighted by Crippen LogP contribution is -2.27. The molecule has 7 heteroatoms. The number of aryl methyl sites for hydroxylation is 2. The van der Waals surface area contributed by atoms with E-state index in [1.807, 2.05) is 24.1 Å². The molecule has 3 heterocycles. The zero-order valence-electron chi connectivity index (χ0n) is 14.7. The van der Waals surface area contributed by atoms with Crippen LogP contribution in [-0.4, -0.2) is 33.1 Å². The van der Waals surface area contributed by atoms with Gasteiger partial charge in [0.15, 0.2) is 5.82 Å². The summed E-state index contributed by atoms with van der Waals surface area (Å²) < 4.78 is 13.1. The highest BCUT2D eigenvalue weighted by atomic mass is 16.5. The Morgan fingerprint density at radius 2 is 2.33 bits per heavy atom. The van der Waals surface area contributed by atoms with E-state index in [0.717, 1.165) is 50.2 Å². The van der Waals surface area contributed by atoms with E-state index in [4.69, 9.17) is 9.26 Å². The molecule has 0 amide bonds. The predicted molar refractivity (Wildman–Crippen MR) is 89.3 cm³/mol. The van der Waals surface area contributed by atoms with Crippen LogP contribution < -0.4 is 5.32 Å². The van der Waals surface area contributed by atoms with E-state index in [0.29, 0.717) is 11.8 Å². The monoisotopic (exact) mass is 333 g/mol. The molecule has 7 nitrogen and oxygen atoms in total. The van der Waals surface area contributed by atoms with E-state index in [-0.39, 0.29) is 12.1 Å². The number of nitrogens with one attached hydrogen (secondary N) is 1. The van der Waals surface area contributed by atoms with Gasteiger partial charge in [-0.2, -0.15) is 10.1 Å². The molecule has 0 saturated carbocycles. The molecule has 0 radical (unpaired) electrons. The van der Waals surface area contributed by atoms with Crippen LogP contribution in [0.5, 0.6) is 0 Å².